The van der Waals surface area contributed by atoms with Crippen LogP contribution < -0.4 is 16.4 Å². The summed E-state index contributed by atoms with van der Waals surface area (Å²) in [5, 5.41) is 14.7. The number of hydrogen-bond acceptors (Lipinski definition) is 4. The maximum atomic E-state index is 11.5. The highest BCUT2D eigenvalue weighted by Crippen LogP contribution is 2.09. The lowest BCUT2D eigenvalue weighted by Gasteiger charge is -2.22. The fourth-order valence-corrected chi connectivity index (χ4v) is 1.52. The monoisotopic (exact) mass is 215 g/mol. The van der Waals surface area contributed by atoms with Crippen molar-refractivity contribution >= 4 is 11.8 Å². The predicted octanol–water partition coefficient (Wildman–Crippen LogP) is -2.05. The molecule has 0 radical (unpaired) electrons. The molecule has 0 aromatic rings. The smallest absolute Gasteiger partial charge is 0.248 e. The highest BCUT2D eigenvalue weighted by Gasteiger charge is 2.21. The molecular weight excluding hydrogens is 198 g/mol. The maximum absolute atomic E-state index is 11.5. The summed E-state index contributed by atoms with van der Waals surface area (Å²) < 4.78 is 0. The largest absolute Gasteiger partial charge is 0.381 e. The van der Waals surface area contributed by atoms with Crippen LogP contribution >= 0.6 is 0 Å². The van der Waals surface area contributed by atoms with E-state index in [-0.39, 0.29) is 18.4 Å². The van der Waals surface area contributed by atoms with E-state index in [4.69, 9.17) is 10.8 Å². The molecule has 1 aliphatic heterocycles. The maximum Gasteiger partial charge on any atom is 0.248 e. The third-order valence-corrected chi connectivity index (χ3v) is 2.47. The SMILES string of the molecule is NC(=O)C(O)CNC(=O)[C@H]1CCCNC1. The van der Waals surface area contributed by atoms with Crippen molar-refractivity contribution in [3.63, 3.8) is 0 Å². The van der Waals surface area contributed by atoms with Gasteiger partial charge in [0.05, 0.1) is 12.5 Å². The molecule has 0 bridgehead atoms. The summed E-state index contributed by atoms with van der Waals surface area (Å²) in [6.07, 6.45) is 0.507. The molecule has 1 heterocycles. The third-order valence-electron chi connectivity index (χ3n) is 2.47. The van der Waals surface area contributed by atoms with Gasteiger partial charge in [-0.2, -0.15) is 0 Å². The summed E-state index contributed by atoms with van der Waals surface area (Å²) in [4.78, 5) is 22.0. The van der Waals surface area contributed by atoms with Crippen LogP contribution in [-0.2, 0) is 9.59 Å². The van der Waals surface area contributed by atoms with Crippen LogP contribution in [0.1, 0.15) is 12.8 Å². The van der Waals surface area contributed by atoms with Gasteiger partial charge < -0.3 is 21.5 Å². The lowest BCUT2D eigenvalue weighted by molar-refractivity contribution is -0.128. The third kappa shape index (κ3) is 3.85. The van der Waals surface area contributed by atoms with Gasteiger partial charge in [0.1, 0.15) is 6.10 Å². The zero-order valence-electron chi connectivity index (χ0n) is 8.53. The van der Waals surface area contributed by atoms with Crippen LogP contribution in [0.25, 0.3) is 0 Å². The lowest BCUT2D eigenvalue weighted by atomic mass is 9.99. The van der Waals surface area contributed by atoms with Gasteiger partial charge in [-0.25, -0.2) is 0 Å². The van der Waals surface area contributed by atoms with Gasteiger partial charge in [-0.15, -0.1) is 0 Å². The van der Waals surface area contributed by atoms with Crippen LogP contribution in [0, 0.1) is 5.92 Å². The molecule has 0 spiro atoms. The Kier molecular flexibility index (Phi) is 4.51. The molecule has 2 amide bonds. The summed E-state index contributed by atoms with van der Waals surface area (Å²) in [5.41, 5.74) is 4.85. The van der Waals surface area contributed by atoms with Gasteiger partial charge >= 0.3 is 0 Å². The zero-order valence-corrected chi connectivity index (χ0v) is 8.53. The van der Waals surface area contributed by atoms with E-state index in [9.17, 15) is 9.59 Å². The Labute approximate surface area is 88.2 Å². The molecule has 6 heteroatoms. The number of nitrogens with one attached hydrogen (secondary N) is 2. The van der Waals surface area contributed by atoms with E-state index in [0.717, 1.165) is 19.4 Å². The number of aliphatic hydroxyl groups is 1. The van der Waals surface area contributed by atoms with E-state index in [0.29, 0.717) is 6.54 Å². The Bertz CT molecular complexity index is 239. The van der Waals surface area contributed by atoms with Crippen LogP contribution in [0.3, 0.4) is 0 Å². The molecule has 15 heavy (non-hydrogen) atoms. The molecule has 2 atom stereocenters. The van der Waals surface area contributed by atoms with E-state index in [1.807, 2.05) is 0 Å². The highest BCUT2D eigenvalue weighted by molar-refractivity contribution is 5.82. The van der Waals surface area contributed by atoms with E-state index in [1.54, 1.807) is 0 Å². The standard InChI is InChI=1S/C9H17N3O3/c10-8(14)7(13)5-12-9(15)6-2-1-3-11-4-6/h6-7,11,13H,1-5H2,(H2,10,14)(H,12,15)/t6-,7?/m0/s1. The van der Waals surface area contributed by atoms with Crippen molar-refractivity contribution in [2.75, 3.05) is 19.6 Å². The molecule has 1 aliphatic rings. The van der Waals surface area contributed by atoms with Crippen LogP contribution in [0.4, 0.5) is 0 Å². The van der Waals surface area contributed by atoms with Gasteiger partial charge in [-0.3, -0.25) is 9.59 Å². The van der Waals surface area contributed by atoms with Gasteiger partial charge in [-0.1, -0.05) is 0 Å². The molecule has 1 rings (SSSR count). The van der Waals surface area contributed by atoms with Gasteiger partial charge in [0.2, 0.25) is 11.8 Å². The summed E-state index contributed by atoms with van der Waals surface area (Å²) in [6.45, 7) is 1.48. The lowest BCUT2D eigenvalue weighted by Crippen LogP contribution is -2.45. The Morgan fingerprint density at radius 1 is 1.60 bits per heavy atom. The number of carbonyl (C=O) groups is 2. The Morgan fingerprint density at radius 2 is 2.33 bits per heavy atom. The average molecular weight is 215 g/mol. The zero-order chi connectivity index (χ0) is 11.3. The summed E-state index contributed by atoms with van der Waals surface area (Å²) >= 11 is 0. The minimum absolute atomic E-state index is 0.0705. The first-order valence-corrected chi connectivity index (χ1v) is 5.07. The van der Waals surface area contributed by atoms with Gasteiger partial charge in [0.25, 0.3) is 0 Å². The van der Waals surface area contributed by atoms with Crippen molar-refractivity contribution in [3.05, 3.63) is 0 Å². The minimum atomic E-state index is -1.30. The van der Waals surface area contributed by atoms with Crippen LogP contribution in [0.15, 0.2) is 0 Å². The van der Waals surface area contributed by atoms with Gasteiger partial charge in [-0.05, 0) is 19.4 Å². The fourth-order valence-electron chi connectivity index (χ4n) is 1.52. The normalized spacial score (nSPS) is 23.1. The van der Waals surface area contributed by atoms with Crippen molar-refractivity contribution in [1.82, 2.24) is 10.6 Å². The van der Waals surface area contributed by atoms with Crippen molar-refractivity contribution in [1.29, 1.82) is 0 Å². The van der Waals surface area contributed by atoms with Crippen LogP contribution in [0.5, 0.6) is 0 Å². The van der Waals surface area contributed by atoms with E-state index >= 15 is 0 Å². The summed E-state index contributed by atoms with van der Waals surface area (Å²) in [5.74, 6) is -1.03. The molecule has 1 saturated heterocycles. The second kappa shape index (κ2) is 5.67. The number of carbonyl (C=O) groups excluding carboxylic acids is 2. The second-order valence-electron chi connectivity index (χ2n) is 3.71. The average Bonchev–Trinajstić information content (AvgIpc) is 2.26. The molecule has 0 aromatic heterocycles. The van der Waals surface area contributed by atoms with Gasteiger partial charge in [0.15, 0.2) is 0 Å². The summed E-state index contributed by atoms with van der Waals surface area (Å²) in [6, 6.07) is 0. The number of nitrogens with two attached hydrogens (primary N) is 1. The van der Waals surface area contributed by atoms with Crippen molar-refractivity contribution in [3.8, 4) is 0 Å². The van der Waals surface area contributed by atoms with E-state index < -0.39 is 12.0 Å². The number of amides is 2. The minimum Gasteiger partial charge on any atom is -0.381 e. The van der Waals surface area contributed by atoms with Crippen molar-refractivity contribution in [2.24, 2.45) is 11.7 Å². The van der Waals surface area contributed by atoms with E-state index in [1.165, 1.54) is 0 Å². The number of primary amides is 1. The number of aliphatic hydroxyl groups excluding tert-OH is 1. The molecule has 86 valence electrons. The number of piperidine rings is 1. The quantitative estimate of drug-likeness (QED) is 0.433. The molecular formula is C9H17N3O3. The number of rotatable bonds is 4. The fraction of sp³-hybridized carbons (Fsp3) is 0.778. The summed E-state index contributed by atoms with van der Waals surface area (Å²) in [7, 11) is 0. The second-order valence-corrected chi connectivity index (χ2v) is 3.71. The predicted molar refractivity (Wildman–Crippen MR) is 53.8 cm³/mol. The molecule has 6 nitrogen and oxygen atoms in total. The topological polar surface area (TPSA) is 104 Å². The first-order chi connectivity index (χ1) is 7.11. The van der Waals surface area contributed by atoms with Crippen molar-refractivity contribution < 1.29 is 14.7 Å². The molecule has 0 saturated carbocycles. The molecule has 0 aliphatic carbocycles. The Morgan fingerprint density at radius 3 is 2.87 bits per heavy atom. The first-order valence-electron chi connectivity index (χ1n) is 5.07. The van der Waals surface area contributed by atoms with Crippen LogP contribution in [-0.4, -0.2) is 42.7 Å². The molecule has 1 fully saturated rings. The number of hydrogen-bond donors (Lipinski definition) is 4. The van der Waals surface area contributed by atoms with Gasteiger partial charge in [0, 0.05) is 6.54 Å². The molecule has 1 unspecified atom stereocenters. The van der Waals surface area contributed by atoms with Crippen LogP contribution in [0.2, 0.25) is 0 Å². The van der Waals surface area contributed by atoms with E-state index in [2.05, 4.69) is 10.6 Å². The first kappa shape index (κ1) is 11.9. The molecule has 0 aromatic carbocycles. The molecule has 5 N–H and O–H groups in total. The Hall–Kier alpha value is -1.14. The Balaban J connectivity index is 2.25. The van der Waals surface area contributed by atoms with Crippen molar-refractivity contribution in [2.45, 2.75) is 18.9 Å². The highest BCUT2D eigenvalue weighted by atomic mass is 16.3.